The van der Waals surface area contributed by atoms with Gasteiger partial charge >= 0.3 is 6.18 Å². The number of amides is 4. The molecule has 1 saturated carbocycles. The van der Waals surface area contributed by atoms with Gasteiger partial charge < -0.3 is 5.11 Å². The summed E-state index contributed by atoms with van der Waals surface area (Å²) in [6, 6.07) is 26.7. The van der Waals surface area contributed by atoms with Gasteiger partial charge in [0.2, 0.25) is 11.8 Å². The standard InChI is InChI=1S/C43H31Cl2F3N4O5/c44-25-12-10-23(11-13-25)42-32(39(55)52(41(42)57)50-37-33(45)18-24(20-49-37)43(46,47)48)19-31-29(36(42)28-16-17-34(53)27-9-5-4-8-26(27)28)14-15-30-35(31)40(56)51(38(30)54)21-22-6-2-1-3-7-22/h1-14,16-18,20,30-32,35-36,53H,15,19,21H2,(H,49,50)/t30-,31+,32-,35-,36-,42+/m0/s1. The summed E-state index contributed by atoms with van der Waals surface area (Å²) in [6.07, 6.45) is -2.09. The summed E-state index contributed by atoms with van der Waals surface area (Å²) in [5.41, 5.74) is 2.29. The quantitative estimate of drug-likeness (QED) is 0.131. The van der Waals surface area contributed by atoms with Gasteiger partial charge in [0.25, 0.3) is 11.8 Å². The fraction of sp³-hybridized carbons (Fsp3) is 0.233. The highest BCUT2D eigenvalue weighted by Gasteiger charge is 2.70. The molecule has 0 spiro atoms. The second-order valence-corrected chi connectivity index (χ2v) is 15.7. The zero-order valence-corrected chi connectivity index (χ0v) is 31.2. The minimum Gasteiger partial charge on any atom is -0.507 e. The second-order valence-electron chi connectivity index (χ2n) is 14.9. The number of imide groups is 2. The van der Waals surface area contributed by atoms with E-state index in [1.807, 2.05) is 36.4 Å². The number of nitrogens with zero attached hydrogens (tertiary/aromatic N) is 3. The van der Waals surface area contributed by atoms with Crippen molar-refractivity contribution in [3.63, 3.8) is 0 Å². The van der Waals surface area contributed by atoms with Crippen molar-refractivity contribution in [1.29, 1.82) is 0 Å². The molecule has 0 radical (unpaired) electrons. The van der Waals surface area contributed by atoms with E-state index in [1.165, 1.54) is 11.0 Å². The molecule has 2 aliphatic carbocycles. The number of hydrogen-bond donors (Lipinski definition) is 2. The lowest BCUT2D eigenvalue weighted by Crippen LogP contribution is -2.53. The summed E-state index contributed by atoms with van der Waals surface area (Å²) in [4.78, 5) is 64.2. The highest BCUT2D eigenvalue weighted by Crippen LogP contribution is 2.65. The lowest BCUT2D eigenvalue weighted by Gasteiger charge is -2.51. The first-order valence-corrected chi connectivity index (χ1v) is 19.0. The monoisotopic (exact) mass is 810 g/mol. The van der Waals surface area contributed by atoms with Crippen LogP contribution in [0.5, 0.6) is 5.75 Å². The number of benzene rings is 4. The molecule has 4 aromatic carbocycles. The number of allylic oxidation sites excluding steroid dienone is 2. The van der Waals surface area contributed by atoms with Gasteiger partial charge in [-0.3, -0.25) is 29.5 Å². The van der Waals surface area contributed by atoms with Gasteiger partial charge in [-0.25, -0.2) is 4.98 Å². The molecule has 4 amide bonds. The number of phenolic OH excluding ortho intramolecular Hbond substituents is 1. The fourth-order valence-electron chi connectivity index (χ4n) is 9.67. The van der Waals surface area contributed by atoms with Crippen LogP contribution in [0.1, 0.15) is 41.0 Å². The number of phenols is 1. The van der Waals surface area contributed by atoms with Crippen LogP contribution in [0.2, 0.25) is 10.0 Å². The van der Waals surface area contributed by atoms with Crippen LogP contribution in [-0.2, 0) is 37.3 Å². The Morgan fingerprint density at radius 3 is 2.25 bits per heavy atom. The maximum Gasteiger partial charge on any atom is 0.417 e. The Balaban J connectivity index is 1.24. The van der Waals surface area contributed by atoms with Crippen molar-refractivity contribution in [2.45, 2.75) is 36.9 Å². The number of hydrogen-bond acceptors (Lipinski definition) is 7. The number of carbonyl (C=O) groups is 4. The normalized spacial score (nSPS) is 25.7. The summed E-state index contributed by atoms with van der Waals surface area (Å²) < 4.78 is 40.6. The van der Waals surface area contributed by atoms with E-state index in [4.69, 9.17) is 23.2 Å². The van der Waals surface area contributed by atoms with Crippen molar-refractivity contribution < 1.29 is 37.5 Å². The van der Waals surface area contributed by atoms with Gasteiger partial charge in [0, 0.05) is 22.5 Å². The molecule has 1 aromatic heterocycles. The van der Waals surface area contributed by atoms with E-state index < -0.39 is 63.6 Å². The first-order valence-electron chi connectivity index (χ1n) is 18.2. The Morgan fingerprint density at radius 2 is 1.54 bits per heavy atom. The van der Waals surface area contributed by atoms with Crippen molar-refractivity contribution >= 4 is 63.4 Å². The summed E-state index contributed by atoms with van der Waals surface area (Å²) in [5.74, 6) is -6.84. The van der Waals surface area contributed by atoms with Crippen LogP contribution in [0.15, 0.2) is 115 Å². The van der Waals surface area contributed by atoms with Crippen LogP contribution in [-0.4, -0.2) is 43.6 Å². The highest BCUT2D eigenvalue weighted by molar-refractivity contribution is 6.33. The summed E-state index contributed by atoms with van der Waals surface area (Å²) in [7, 11) is 0. The molecule has 57 heavy (non-hydrogen) atoms. The summed E-state index contributed by atoms with van der Waals surface area (Å²) in [5, 5.41) is 12.7. The Hall–Kier alpha value is -5.72. The average Bonchev–Trinajstić information content (AvgIpc) is 3.56. The highest BCUT2D eigenvalue weighted by atomic mass is 35.5. The number of alkyl halides is 3. The molecule has 4 aliphatic rings. The van der Waals surface area contributed by atoms with E-state index in [-0.39, 0.29) is 42.8 Å². The molecule has 2 saturated heterocycles. The van der Waals surface area contributed by atoms with Crippen molar-refractivity contribution in [3.05, 3.63) is 147 Å². The van der Waals surface area contributed by atoms with Crippen LogP contribution >= 0.6 is 23.2 Å². The number of aromatic nitrogens is 1. The van der Waals surface area contributed by atoms with Crippen molar-refractivity contribution in [2.24, 2.45) is 23.7 Å². The van der Waals surface area contributed by atoms with E-state index >= 15 is 4.79 Å². The fourth-order valence-corrected chi connectivity index (χ4v) is 10.0. The zero-order valence-electron chi connectivity index (χ0n) is 29.7. The molecule has 3 fully saturated rings. The molecule has 9 nitrogen and oxygen atoms in total. The summed E-state index contributed by atoms with van der Waals surface area (Å²) in [6.45, 7) is 0.0771. The van der Waals surface area contributed by atoms with Crippen molar-refractivity contribution in [3.8, 4) is 5.75 Å². The van der Waals surface area contributed by atoms with Gasteiger partial charge in [-0.05, 0) is 65.1 Å². The van der Waals surface area contributed by atoms with E-state index in [2.05, 4.69) is 10.4 Å². The lowest BCUT2D eigenvalue weighted by atomic mass is 9.49. The Kier molecular flexibility index (Phi) is 8.71. The van der Waals surface area contributed by atoms with Crippen molar-refractivity contribution in [2.75, 3.05) is 5.43 Å². The van der Waals surface area contributed by atoms with E-state index in [1.54, 1.807) is 54.6 Å². The molecule has 2 N–H and O–H groups in total. The Labute approximate surface area is 333 Å². The molecule has 6 atom stereocenters. The van der Waals surface area contributed by atoms with Crippen LogP contribution in [0, 0.1) is 23.7 Å². The molecule has 2 aliphatic heterocycles. The molecular formula is C43H31Cl2F3N4O5. The molecule has 0 unspecified atom stereocenters. The maximum atomic E-state index is 15.5. The molecule has 14 heteroatoms. The van der Waals surface area contributed by atoms with Crippen LogP contribution < -0.4 is 5.43 Å². The number of halogens is 5. The molecule has 9 rings (SSSR count). The number of hydrazine groups is 1. The Bertz CT molecular complexity index is 2550. The molecular weight excluding hydrogens is 780 g/mol. The number of aromatic hydroxyl groups is 1. The number of nitrogens with one attached hydrogen (secondary N) is 1. The third kappa shape index (κ3) is 5.63. The minimum absolute atomic E-state index is 0.00949. The number of anilines is 1. The lowest BCUT2D eigenvalue weighted by molar-refractivity contribution is -0.142. The first kappa shape index (κ1) is 36.9. The van der Waals surface area contributed by atoms with Gasteiger partial charge in [-0.1, -0.05) is 108 Å². The van der Waals surface area contributed by atoms with E-state index in [9.17, 15) is 32.7 Å². The number of likely N-dealkylation sites (tertiary alicyclic amines) is 1. The third-order valence-electron chi connectivity index (χ3n) is 12.1. The Morgan fingerprint density at radius 1 is 0.842 bits per heavy atom. The number of pyridine rings is 1. The van der Waals surface area contributed by atoms with Crippen LogP contribution in [0.3, 0.4) is 0 Å². The number of carbonyl (C=O) groups excluding carboxylic acids is 4. The first-order chi connectivity index (χ1) is 27.3. The minimum atomic E-state index is -4.75. The second kappa shape index (κ2) is 13.5. The molecule has 288 valence electrons. The maximum absolute atomic E-state index is 15.5. The van der Waals surface area contributed by atoms with Gasteiger partial charge in [-0.15, -0.1) is 0 Å². The smallest absolute Gasteiger partial charge is 0.417 e. The predicted molar refractivity (Wildman–Crippen MR) is 204 cm³/mol. The number of rotatable bonds is 6. The number of fused-ring (bicyclic) bond motifs is 5. The topological polar surface area (TPSA) is 120 Å². The van der Waals surface area contributed by atoms with Gasteiger partial charge in [0.1, 0.15) is 5.75 Å². The van der Waals surface area contributed by atoms with Gasteiger partial charge in [0.15, 0.2) is 5.82 Å². The average molecular weight is 812 g/mol. The largest absolute Gasteiger partial charge is 0.507 e. The third-order valence-corrected chi connectivity index (χ3v) is 12.6. The summed E-state index contributed by atoms with van der Waals surface area (Å²) >= 11 is 12.7. The SMILES string of the molecule is O=C1[C@H]2[C@H](CC=C3[C@H]2C[C@H]2C(=O)N(Nc4ncc(C(F)(F)F)cc4Cl)C(=O)[C@@]2(c2ccc(Cl)cc2)[C@H]3c2ccc(O)c3ccccc23)C(=O)N1Cc1ccccc1. The zero-order chi connectivity index (χ0) is 40.0. The van der Waals surface area contributed by atoms with Crippen LogP contribution in [0.25, 0.3) is 10.8 Å². The van der Waals surface area contributed by atoms with E-state index in [0.29, 0.717) is 44.8 Å². The van der Waals surface area contributed by atoms with Gasteiger partial charge in [0.05, 0.1) is 40.3 Å². The predicted octanol–water partition coefficient (Wildman–Crippen LogP) is 8.45. The van der Waals surface area contributed by atoms with Gasteiger partial charge in [-0.2, -0.15) is 18.2 Å². The molecule has 3 heterocycles. The van der Waals surface area contributed by atoms with Crippen LogP contribution in [0.4, 0.5) is 19.0 Å². The molecule has 0 bridgehead atoms. The molecule has 5 aromatic rings. The van der Waals surface area contributed by atoms with Crippen molar-refractivity contribution in [1.82, 2.24) is 14.9 Å². The van der Waals surface area contributed by atoms with E-state index in [0.717, 1.165) is 10.6 Å².